The quantitative estimate of drug-likeness (QED) is 0.806. The maximum atomic E-state index is 11.7. The van der Waals surface area contributed by atoms with Crippen LogP contribution in [0.25, 0.3) is 0 Å². The van der Waals surface area contributed by atoms with Crippen LogP contribution in [0.3, 0.4) is 0 Å². The van der Waals surface area contributed by atoms with E-state index in [4.69, 9.17) is 14.2 Å². The summed E-state index contributed by atoms with van der Waals surface area (Å²) in [6.45, 7) is 2.47. The Labute approximate surface area is 172 Å². The van der Waals surface area contributed by atoms with Crippen LogP contribution in [0.1, 0.15) is 30.5 Å². The second kappa shape index (κ2) is 8.20. The average molecular weight is 399 g/mol. The molecule has 4 rings (SSSR count). The zero-order chi connectivity index (χ0) is 20.4. The molecule has 2 aliphatic rings. The standard InChI is InChI=1S/C23H30N2O4/c1-27-19-11-16(12-20(28-2)22(19)29-3)13-25-14-17-7-6-8-18(15-25)23(17,26)21-9-4-5-10-24-21/h4-5,9-12,17-18,26H,6-8,13-15H2,1-3H3/t17-,18-/m1/s1. The normalized spacial score (nSPS) is 26.8. The third kappa shape index (κ3) is 3.55. The Kier molecular flexibility index (Phi) is 5.65. The highest BCUT2D eigenvalue weighted by Gasteiger charge is 2.52. The molecule has 0 spiro atoms. The molecule has 0 amide bonds. The predicted molar refractivity (Wildman–Crippen MR) is 110 cm³/mol. The van der Waals surface area contributed by atoms with Gasteiger partial charge >= 0.3 is 0 Å². The molecule has 156 valence electrons. The summed E-state index contributed by atoms with van der Waals surface area (Å²) in [7, 11) is 4.89. The van der Waals surface area contributed by atoms with Crippen molar-refractivity contribution in [1.82, 2.24) is 9.88 Å². The number of piperidine rings is 1. The molecule has 29 heavy (non-hydrogen) atoms. The molecule has 6 heteroatoms. The number of aliphatic hydroxyl groups is 1. The van der Waals surface area contributed by atoms with Crippen LogP contribution in [0.2, 0.25) is 0 Å². The first-order chi connectivity index (χ1) is 14.1. The fraction of sp³-hybridized carbons (Fsp3) is 0.522. The van der Waals surface area contributed by atoms with Gasteiger partial charge in [0.05, 0.1) is 27.0 Å². The zero-order valence-corrected chi connectivity index (χ0v) is 17.4. The van der Waals surface area contributed by atoms with Crippen molar-refractivity contribution in [3.8, 4) is 17.2 Å². The van der Waals surface area contributed by atoms with E-state index in [1.807, 2.05) is 30.3 Å². The van der Waals surface area contributed by atoms with E-state index in [-0.39, 0.29) is 11.8 Å². The summed E-state index contributed by atoms with van der Waals surface area (Å²) in [5.41, 5.74) is 1.11. The van der Waals surface area contributed by atoms with Crippen molar-refractivity contribution in [2.75, 3.05) is 34.4 Å². The highest BCUT2D eigenvalue weighted by atomic mass is 16.5. The fourth-order valence-electron chi connectivity index (χ4n) is 5.17. The first-order valence-electron chi connectivity index (χ1n) is 10.2. The summed E-state index contributed by atoms with van der Waals surface area (Å²) in [6.07, 6.45) is 5.00. The van der Waals surface area contributed by atoms with Crippen molar-refractivity contribution < 1.29 is 19.3 Å². The molecule has 2 atom stereocenters. The number of pyridine rings is 1. The lowest BCUT2D eigenvalue weighted by Gasteiger charge is -2.52. The van der Waals surface area contributed by atoms with E-state index in [0.717, 1.165) is 43.7 Å². The Balaban J connectivity index is 1.57. The van der Waals surface area contributed by atoms with E-state index in [1.165, 1.54) is 6.42 Å². The van der Waals surface area contributed by atoms with Gasteiger partial charge in [-0.05, 0) is 42.7 Å². The largest absolute Gasteiger partial charge is 0.493 e. The molecular weight excluding hydrogens is 368 g/mol. The molecule has 1 aromatic heterocycles. The molecule has 1 aromatic carbocycles. The minimum atomic E-state index is -0.828. The number of likely N-dealkylation sites (tertiary alicyclic amines) is 1. The predicted octanol–water partition coefficient (Wildman–Crippen LogP) is 3.23. The number of ether oxygens (including phenoxy) is 3. The summed E-state index contributed by atoms with van der Waals surface area (Å²) in [5, 5.41) is 11.7. The third-order valence-electron chi connectivity index (χ3n) is 6.51. The number of aromatic nitrogens is 1. The van der Waals surface area contributed by atoms with Crippen LogP contribution in [-0.2, 0) is 12.1 Å². The summed E-state index contributed by atoms with van der Waals surface area (Å²) in [6, 6.07) is 9.87. The monoisotopic (exact) mass is 398 g/mol. The zero-order valence-electron chi connectivity index (χ0n) is 17.4. The summed E-state index contributed by atoms with van der Waals surface area (Å²) < 4.78 is 16.4. The number of rotatable bonds is 6. The van der Waals surface area contributed by atoms with Crippen LogP contribution in [0, 0.1) is 11.8 Å². The van der Waals surface area contributed by atoms with Gasteiger partial charge in [0.15, 0.2) is 11.5 Å². The topological polar surface area (TPSA) is 64.1 Å². The van der Waals surface area contributed by atoms with Crippen molar-refractivity contribution in [3.05, 3.63) is 47.8 Å². The van der Waals surface area contributed by atoms with Gasteiger partial charge in [-0.15, -0.1) is 0 Å². The van der Waals surface area contributed by atoms with Crippen LogP contribution in [0.5, 0.6) is 17.2 Å². The minimum Gasteiger partial charge on any atom is -0.493 e. The van der Waals surface area contributed by atoms with E-state index in [9.17, 15) is 5.11 Å². The van der Waals surface area contributed by atoms with E-state index < -0.39 is 5.60 Å². The van der Waals surface area contributed by atoms with Crippen molar-refractivity contribution >= 4 is 0 Å². The second-order valence-corrected chi connectivity index (χ2v) is 8.09. The number of hydrogen-bond donors (Lipinski definition) is 1. The average Bonchev–Trinajstić information content (AvgIpc) is 2.74. The number of hydrogen-bond acceptors (Lipinski definition) is 6. The maximum absolute atomic E-state index is 11.7. The Morgan fingerprint density at radius 2 is 1.69 bits per heavy atom. The molecule has 2 bridgehead atoms. The van der Waals surface area contributed by atoms with Crippen molar-refractivity contribution in [1.29, 1.82) is 0 Å². The summed E-state index contributed by atoms with van der Waals surface area (Å²) >= 11 is 0. The van der Waals surface area contributed by atoms with Crippen LogP contribution in [0.4, 0.5) is 0 Å². The summed E-state index contributed by atoms with van der Waals surface area (Å²) in [4.78, 5) is 6.95. The van der Waals surface area contributed by atoms with Gasteiger partial charge in [0.1, 0.15) is 5.60 Å². The van der Waals surface area contributed by atoms with E-state index in [2.05, 4.69) is 9.88 Å². The summed E-state index contributed by atoms with van der Waals surface area (Å²) in [5.74, 6) is 2.32. The second-order valence-electron chi connectivity index (χ2n) is 8.09. The molecular formula is C23H30N2O4. The van der Waals surface area contributed by atoms with Gasteiger partial charge in [0.25, 0.3) is 0 Å². The number of benzene rings is 1. The Bertz CT molecular complexity index is 803. The molecule has 1 aliphatic heterocycles. The first kappa shape index (κ1) is 20.0. The Morgan fingerprint density at radius 3 is 2.21 bits per heavy atom. The number of fused-ring (bicyclic) bond motifs is 2. The van der Waals surface area contributed by atoms with Crippen molar-refractivity contribution in [2.24, 2.45) is 11.8 Å². The van der Waals surface area contributed by atoms with Crippen molar-refractivity contribution in [3.63, 3.8) is 0 Å². The minimum absolute atomic E-state index is 0.187. The molecule has 1 aliphatic carbocycles. The van der Waals surface area contributed by atoms with Gasteiger partial charge in [-0.25, -0.2) is 0 Å². The van der Waals surface area contributed by atoms with Gasteiger partial charge in [0, 0.05) is 37.7 Å². The SMILES string of the molecule is COc1cc(CN2C[C@H]3CCC[C@H](C2)C3(O)c2ccccn2)cc(OC)c1OC. The molecule has 1 saturated heterocycles. The maximum Gasteiger partial charge on any atom is 0.203 e. The molecule has 2 fully saturated rings. The van der Waals surface area contributed by atoms with Crippen LogP contribution in [-0.4, -0.2) is 49.4 Å². The van der Waals surface area contributed by atoms with E-state index >= 15 is 0 Å². The molecule has 2 aromatic rings. The number of nitrogens with zero attached hydrogens (tertiary/aromatic N) is 2. The van der Waals surface area contributed by atoms with Gasteiger partial charge < -0.3 is 19.3 Å². The lowest BCUT2D eigenvalue weighted by atomic mass is 9.64. The van der Waals surface area contributed by atoms with Gasteiger partial charge in [-0.2, -0.15) is 0 Å². The number of methoxy groups -OCH3 is 3. The smallest absolute Gasteiger partial charge is 0.203 e. The molecule has 6 nitrogen and oxygen atoms in total. The molecule has 0 unspecified atom stereocenters. The van der Waals surface area contributed by atoms with E-state index in [1.54, 1.807) is 27.5 Å². The molecule has 1 N–H and O–H groups in total. The van der Waals surface area contributed by atoms with Crippen LogP contribution >= 0.6 is 0 Å². The Hall–Kier alpha value is -2.31. The van der Waals surface area contributed by atoms with Crippen LogP contribution in [0.15, 0.2) is 36.5 Å². The van der Waals surface area contributed by atoms with Gasteiger partial charge in [0.2, 0.25) is 5.75 Å². The van der Waals surface area contributed by atoms with Crippen molar-refractivity contribution in [2.45, 2.75) is 31.4 Å². The Morgan fingerprint density at radius 1 is 1.03 bits per heavy atom. The molecule has 2 heterocycles. The highest BCUT2D eigenvalue weighted by molar-refractivity contribution is 5.53. The molecule has 0 radical (unpaired) electrons. The third-order valence-corrected chi connectivity index (χ3v) is 6.51. The van der Waals surface area contributed by atoms with E-state index in [0.29, 0.717) is 17.2 Å². The van der Waals surface area contributed by atoms with Crippen LogP contribution < -0.4 is 14.2 Å². The van der Waals surface area contributed by atoms with Gasteiger partial charge in [-0.1, -0.05) is 12.5 Å². The lowest BCUT2D eigenvalue weighted by molar-refractivity contribution is -0.151. The first-order valence-corrected chi connectivity index (χ1v) is 10.2. The highest BCUT2D eigenvalue weighted by Crippen LogP contribution is 2.49. The molecule has 1 saturated carbocycles. The van der Waals surface area contributed by atoms with Gasteiger partial charge in [-0.3, -0.25) is 9.88 Å². The lowest BCUT2D eigenvalue weighted by Crippen LogP contribution is -2.58. The fourth-order valence-corrected chi connectivity index (χ4v) is 5.17.